The third kappa shape index (κ3) is 3.88. The molecule has 0 aliphatic carbocycles. The maximum atomic E-state index is 12.4. The van der Waals surface area contributed by atoms with Crippen molar-refractivity contribution in [3.8, 4) is 0 Å². The Labute approximate surface area is 153 Å². The van der Waals surface area contributed by atoms with E-state index in [9.17, 15) is 4.79 Å². The number of methoxy groups -OCH3 is 1. The molecule has 0 fully saturated rings. The molecule has 2 N–H and O–H groups in total. The van der Waals surface area contributed by atoms with Crippen molar-refractivity contribution in [2.75, 3.05) is 26.1 Å². The zero-order valence-electron chi connectivity index (χ0n) is 15.7. The minimum absolute atomic E-state index is 0.172. The Balaban J connectivity index is 1.71. The van der Waals surface area contributed by atoms with Crippen LogP contribution in [0.5, 0.6) is 0 Å². The largest absolute Gasteiger partial charge is 0.383 e. The number of urea groups is 1. The number of hydrogen-bond acceptors (Lipinski definition) is 3. The molecule has 2 amide bonds. The summed E-state index contributed by atoms with van der Waals surface area (Å²) in [4.78, 5) is 21.4. The smallest absolute Gasteiger partial charge is 0.321 e. The molecule has 3 rings (SSSR count). The summed E-state index contributed by atoms with van der Waals surface area (Å²) < 4.78 is 7.40. The molecule has 2 heterocycles. The van der Waals surface area contributed by atoms with E-state index in [1.54, 1.807) is 25.3 Å². The van der Waals surface area contributed by atoms with Crippen LogP contribution in [0.3, 0.4) is 0 Å². The average Bonchev–Trinajstić information content (AvgIpc) is 3.14. The van der Waals surface area contributed by atoms with Crippen molar-refractivity contribution in [2.45, 2.75) is 26.9 Å². The number of aryl methyl sites for hydroxylation is 2. The molecule has 7 heteroatoms. The molecular formula is C19H25N5O2. The van der Waals surface area contributed by atoms with Crippen molar-refractivity contribution in [1.82, 2.24) is 19.4 Å². The van der Waals surface area contributed by atoms with E-state index in [2.05, 4.69) is 32.8 Å². The number of H-pyrrole nitrogens is 1. The van der Waals surface area contributed by atoms with Gasteiger partial charge in [-0.15, -0.1) is 0 Å². The lowest BCUT2D eigenvalue weighted by Gasteiger charge is -2.17. The monoisotopic (exact) mass is 355 g/mol. The standard InChI is InChI=1S/C19H25N5O2/c1-13-11-20-18(21-13)12-23(3)19(25)22-16-5-6-17-15(10-16)9-14(2)24(17)7-8-26-4/h5-6,9-11H,7-8,12H2,1-4H3,(H,20,21)(H,22,25). The zero-order valence-corrected chi connectivity index (χ0v) is 15.7. The lowest BCUT2D eigenvalue weighted by Crippen LogP contribution is -2.31. The Morgan fingerprint density at radius 3 is 2.85 bits per heavy atom. The molecule has 0 spiro atoms. The quantitative estimate of drug-likeness (QED) is 0.712. The number of carbonyl (C=O) groups excluding carboxylic acids is 1. The number of ether oxygens (including phenoxy) is 1. The minimum Gasteiger partial charge on any atom is -0.383 e. The first-order chi connectivity index (χ1) is 12.5. The van der Waals surface area contributed by atoms with Gasteiger partial charge in [0.2, 0.25) is 0 Å². The van der Waals surface area contributed by atoms with Gasteiger partial charge in [0.05, 0.1) is 13.2 Å². The molecule has 0 aliphatic rings. The first-order valence-corrected chi connectivity index (χ1v) is 8.59. The molecule has 1 aromatic carbocycles. The Morgan fingerprint density at radius 2 is 2.15 bits per heavy atom. The first kappa shape index (κ1) is 18.0. The van der Waals surface area contributed by atoms with Gasteiger partial charge in [-0.25, -0.2) is 9.78 Å². The number of hydrogen-bond donors (Lipinski definition) is 2. The van der Waals surface area contributed by atoms with Gasteiger partial charge in [0.1, 0.15) is 5.82 Å². The van der Waals surface area contributed by atoms with Crippen LogP contribution >= 0.6 is 0 Å². The molecule has 0 bridgehead atoms. The molecule has 26 heavy (non-hydrogen) atoms. The van der Waals surface area contributed by atoms with Crippen molar-refractivity contribution in [3.05, 3.63) is 47.7 Å². The van der Waals surface area contributed by atoms with E-state index < -0.39 is 0 Å². The molecule has 0 radical (unpaired) electrons. The van der Waals surface area contributed by atoms with E-state index in [0.29, 0.717) is 13.2 Å². The van der Waals surface area contributed by atoms with Crippen LogP contribution in [0.2, 0.25) is 0 Å². The molecule has 0 aliphatic heterocycles. The number of benzene rings is 1. The number of amides is 2. The normalized spacial score (nSPS) is 11.1. The number of fused-ring (bicyclic) bond motifs is 1. The predicted octanol–water partition coefficient (Wildman–Crippen LogP) is 3.29. The Morgan fingerprint density at radius 1 is 1.35 bits per heavy atom. The van der Waals surface area contributed by atoms with Crippen LogP contribution in [0.4, 0.5) is 10.5 Å². The molecule has 0 atom stereocenters. The van der Waals surface area contributed by atoms with Crippen LogP contribution in [-0.2, 0) is 17.8 Å². The summed E-state index contributed by atoms with van der Waals surface area (Å²) in [5, 5.41) is 4.04. The number of anilines is 1. The summed E-state index contributed by atoms with van der Waals surface area (Å²) in [7, 11) is 3.45. The van der Waals surface area contributed by atoms with Gasteiger partial charge in [-0.05, 0) is 38.1 Å². The average molecular weight is 355 g/mol. The first-order valence-electron chi connectivity index (χ1n) is 8.59. The fraction of sp³-hybridized carbons (Fsp3) is 0.368. The van der Waals surface area contributed by atoms with E-state index in [1.807, 2.05) is 25.1 Å². The van der Waals surface area contributed by atoms with Crippen LogP contribution in [-0.4, -0.2) is 46.2 Å². The van der Waals surface area contributed by atoms with Crippen LogP contribution in [0.25, 0.3) is 10.9 Å². The zero-order chi connectivity index (χ0) is 18.7. The van der Waals surface area contributed by atoms with Crippen LogP contribution < -0.4 is 5.32 Å². The molecule has 0 saturated carbocycles. The summed E-state index contributed by atoms with van der Waals surface area (Å²) in [6.45, 7) is 5.91. The van der Waals surface area contributed by atoms with E-state index in [4.69, 9.17) is 4.74 Å². The Bertz CT molecular complexity index is 912. The van der Waals surface area contributed by atoms with Gasteiger partial charge in [-0.1, -0.05) is 0 Å². The topological polar surface area (TPSA) is 75.2 Å². The number of aromatic nitrogens is 3. The highest BCUT2D eigenvalue weighted by atomic mass is 16.5. The highest BCUT2D eigenvalue weighted by Gasteiger charge is 2.12. The van der Waals surface area contributed by atoms with E-state index in [-0.39, 0.29) is 6.03 Å². The summed E-state index contributed by atoms with van der Waals surface area (Å²) in [6.07, 6.45) is 1.76. The molecular weight excluding hydrogens is 330 g/mol. The van der Waals surface area contributed by atoms with Gasteiger partial charge in [0.15, 0.2) is 0 Å². The van der Waals surface area contributed by atoms with Crippen molar-refractivity contribution in [2.24, 2.45) is 0 Å². The summed E-state index contributed by atoms with van der Waals surface area (Å²) in [6, 6.07) is 7.90. The van der Waals surface area contributed by atoms with Crippen LogP contribution in [0.15, 0.2) is 30.5 Å². The van der Waals surface area contributed by atoms with Gasteiger partial charge in [-0.2, -0.15) is 0 Å². The van der Waals surface area contributed by atoms with Gasteiger partial charge < -0.3 is 24.5 Å². The number of carbonyl (C=O) groups is 1. The van der Waals surface area contributed by atoms with Crippen molar-refractivity contribution in [1.29, 1.82) is 0 Å². The number of nitrogens with zero attached hydrogens (tertiary/aromatic N) is 3. The maximum absolute atomic E-state index is 12.4. The fourth-order valence-electron chi connectivity index (χ4n) is 3.03. The van der Waals surface area contributed by atoms with Crippen LogP contribution in [0, 0.1) is 13.8 Å². The second-order valence-electron chi connectivity index (χ2n) is 6.50. The third-order valence-electron chi connectivity index (χ3n) is 4.37. The number of aromatic amines is 1. The lowest BCUT2D eigenvalue weighted by atomic mass is 10.2. The maximum Gasteiger partial charge on any atom is 0.321 e. The van der Waals surface area contributed by atoms with Gasteiger partial charge in [0.25, 0.3) is 0 Å². The van der Waals surface area contributed by atoms with Gasteiger partial charge >= 0.3 is 6.03 Å². The van der Waals surface area contributed by atoms with E-state index in [1.165, 1.54) is 5.69 Å². The summed E-state index contributed by atoms with van der Waals surface area (Å²) in [5.74, 6) is 0.765. The van der Waals surface area contributed by atoms with Crippen molar-refractivity contribution in [3.63, 3.8) is 0 Å². The fourth-order valence-corrected chi connectivity index (χ4v) is 3.03. The number of nitrogens with one attached hydrogen (secondary N) is 2. The second-order valence-corrected chi connectivity index (χ2v) is 6.50. The molecule has 3 aromatic rings. The van der Waals surface area contributed by atoms with Crippen LogP contribution in [0.1, 0.15) is 17.2 Å². The molecule has 138 valence electrons. The molecule has 0 saturated heterocycles. The van der Waals surface area contributed by atoms with Crippen molar-refractivity contribution >= 4 is 22.6 Å². The Hall–Kier alpha value is -2.80. The molecule has 0 unspecified atom stereocenters. The Kier molecular flexibility index (Phi) is 5.27. The summed E-state index contributed by atoms with van der Waals surface area (Å²) >= 11 is 0. The lowest BCUT2D eigenvalue weighted by molar-refractivity contribution is 0.188. The van der Waals surface area contributed by atoms with Crippen molar-refractivity contribution < 1.29 is 9.53 Å². The van der Waals surface area contributed by atoms with Gasteiger partial charge in [0, 0.05) is 54.9 Å². The number of rotatable bonds is 6. The van der Waals surface area contributed by atoms with E-state index in [0.717, 1.165) is 34.7 Å². The highest BCUT2D eigenvalue weighted by molar-refractivity contribution is 5.93. The number of imidazole rings is 1. The van der Waals surface area contributed by atoms with E-state index >= 15 is 0 Å². The highest BCUT2D eigenvalue weighted by Crippen LogP contribution is 2.23. The predicted molar refractivity (Wildman–Crippen MR) is 102 cm³/mol. The SMILES string of the molecule is COCCn1c(C)cc2cc(NC(=O)N(C)Cc3ncc(C)[nH]3)ccc21. The molecule has 7 nitrogen and oxygen atoms in total. The summed E-state index contributed by atoms with van der Waals surface area (Å²) in [5.41, 5.74) is 4.06. The second kappa shape index (κ2) is 7.61. The molecule has 2 aromatic heterocycles. The minimum atomic E-state index is -0.172. The third-order valence-corrected chi connectivity index (χ3v) is 4.37. The van der Waals surface area contributed by atoms with Gasteiger partial charge in [-0.3, -0.25) is 0 Å².